The third-order valence-electron chi connectivity index (χ3n) is 2.45. The van der Waals surface area contributed by atoms with E-state index in [-0.39, 0.29) is 24.8 Å². The minimum Gasteiger partial charge on any atom is -0.377 e. The van der Waals surface area contributed by atoms with Crippen molar-refractivity contribution in [1.82, 2.24) is 5.32 Å². The second kappa shape index (κ2) is 2.90. The maximum atomic E-state index is 12.4. The maximum Gasteiger partial charge on any atom is 0.249 e. The molecule has 0 bridgehead atoms. The van der Waals surface area contributed by atoms with Crippen LogP contribution in [0.25, 0.3) is 0 Å². The third-order valence-corrected chi connectivity index (χ3v) is 2.45. The van der Waals surface area contributed by atoms with Crippen molar-refractivity contribution in [2.24, 2.45) is 5.92 Å². The fourth-order valence-electron chi connectivity index (χ4n) is 1.48. The minimum atomic E-state index is -2.61. The van der Waals surface area contributed by atoms with Gasteiger partial charge in [0.15, 0.2) is 0 Å². The molecule has 2 rings (SSSR count). The smallest absolute Gasteiger partial charge is 0.249 e. The molecule has 1 saturated heterocycles. The van der Waals surface area contributed by atoms with Crippen molar-refractivity contribution < 1.29 is 18.3 Å². The molecule has 2 aliphatic rings. The van der Waals surface area contributed by atoms with E-state index in [0.717, 1.165) is 0 Å². The van der Waals surface area contributed by atoms with E-state index in [1.807, 2.05) is 0 Å². The molecule has 1 amide bonds. The van der Waals surface area contributed by atoms with Crippen molar-refractivity contribution in [2.45, 2.75) is 24.8 Å². The Kier molecular flexibility index (Phi) is 1.98. The average molecular weight is 191 g/mol. The molecule has 0 aromatic rings. The topological polar surface area (TPSA) is 38.3 Å². The summed E-state index contributed by atoms with van der Waals surface area (Å²) in [5.41, 5.74) is 0. The Labute approximate surface area is 74.4 Å². The van der Waals surface area contributed by atoms with Crippen LogP contribution in [0.4, 0.5) is 8.78 Å². The zero-order valence-corrected chi connectivity index (χ0v) is 7.06. The summed E-state index contributed by atoms with van der Waals surface area (Å²) < 4.78 is 29.6. The molecule has 0 radical (unpaired) electrons. The van der Waals surface area contributed by atoms with Gasteiger partial charge in [0.2, 0.25) is 11.8 Å². The monoisotopic (exact) mass is 191 g/mol. The Bertz CT molecular complexity index is 220. The van der Waals surface area contributed by atoms with Crippen molar-refractivity contribution >= 4 is 5.91 Å². The van der Waals surface area contributed by atoms with Gasteiger partial charge < -0.3 is 10.1 Å². The van der Waals surface area contributed by atoms with E-state index in [0.29, 0.717) is 13.2 Å². The largest absolute Gasteiger partial charge is 0.377 e. The van der Waals surface area contributed by atoms with Gasteiger partial charge in [0.05, 0.1) is 19.3 Å². The number of ether oxygens (including phenoxy) is 1. The van der Waals surface area contributed by atoms with Gasteiger partial charge in [0.1, 0.15) is 0 Å². The van der Waals surface area contributed by atoms with E-state index in [4.69, 9.17) is 4.74 Å². The minimum absolute atomic E-state index is 0.0433. The van der Waals surface area contributed by atoms with E-state index in [1.165, 1.54) is 0 Å². The summed E-state index contributed by atoms with van der Waals surface area (Å²) in [5.74, 6) is -3.35. The van der Waals surface area contributed by atoms with Gasteiger partial charge in [-0.05, 0) is 0 Å². The van der Waals surface area contributed by atoms with E-state index in [9.17, 15) is 13.6 Å². The molecule has 74 valence electrons. The number of hydrogen-bond acceptors (Lipinski definition) is 2. The lowest BCUT2D eigenvalue weighted by Gasteiger charge is -2.36. The number of carbonyl (C=O) groups is 1. The highest BCUT2D eigenvalue weighted by atomic mass is 19.3. The van der Waals surface area contributed by atoms with Crippen LogP contribution in [0.1, 0.15) is 12.8 Å². The molecule has 3 nitrogen and oxygen atoms in total. The van der Waals surface area contributed by atoms with Gasteiger partial charge in [-0.15, -0.1) is 0 Å². The van der Waals surface area contributed by atoms with Crippen LogP contribution in [0.5, 0.6) is 0 Å². The zero-order chi connectivity index (χ0) is 9.47. The Morgan fingerprint density at radius 1 is 1.38 bits per heavy atom. The second-order valence-corrected chi connectivity index (χ2v) is 3.70. The molecule has 1 N–H and O–H groups in total. The van der Waals surface area contributed by atoms with Crippen molar-refractivity contribution in [2.75, 3.05) is 13.2 Å². The standard InChI is InChI=1S/C8H11F2NO2/c9-8(10)1-5(2-8)7(12)11-6-3-13-4-6/h5-6H,1-4H2,(H,11,12). The highest BCUT2D eigenvalue weighted by Gasteiger charge is 2.49. The molecule has 5 heteroatoms. The lowest BCUT2D eigenvalue weighted by atomic mass is 9.80. The zero-order valence-electron chi connectivity index (χ0n) is 7.06. The molecule has 0 aromatic heterocycles. The van der Waals surface area contributed by atoms with Crippen LogP contribution in [-0.2, 0) is 9.53 Å². The number of nitrogens with one attached hydrogen (secondary N) is 1. The SMILES string of the molecule is O=C(NC1COC1)C1CC(F)(F)C1. The lowest BCUT2D eigenvalue weighted by molar-refractivity contribution is -0.153. The van der Waals surface area contributed by atoms with Crippen molar-refractivity contribution in [3.63, 3.8) is 0 Å². The number of carbonyl (C=O) groups excluding carboxylic acids is 1. The lowest BCUT2D eigenvalue weighted by Crippen LogP contribution is -2.53. The number of amides is 1. The molecule has 0 unspecified atom stereocenters. The molecule has 0 aromatic carbocycles. The van der Waals surface area contributed by atoms with Gasteiger partial charge in [-0.1, -0.05) is 0 Å². The predicted octanol–water partition coefficient (Wildman–Crippen LogP) is 0.547. The first-order valence-electron chi connectivity index (χ1n) is 4.33. The highest BCUT2D eigenvalue weighted by molar-refractivity contribution is 5.80. The van der Waals surface area contributed by atoms with Crippen LogP contribution in [0.2, 0.25) is 0 Å². The van der Waals surface area contributed by atoms with E-state index < -0.39 is 11.8 Å². The molecule has 13 heavy (non-hydrogen) atoms. The first kappa shape index (κ1) is 8.87. The first-order chi connectivity index (χ1) is 6.07. The summed E-state index contributed by atoms with van der Waals surface area (Å²) >= 11 is 0. The second-order valence-electron chi connectivity index (χ2n) is 3.70. The summed E-state index contributed by atoms with van der Waals surface area (Å²) in [5, 5.41) is 2.66. The van der Waals surface area contributed by atoms with Crippen molar-refractivity contribution in [3.05, 3.63) is 0 Å². The average Bonchev–Trinajstić information content (AvgIpc) is 1.91. The highest BCUT2D eigenvalue weighted by Crippen LogP contribution is 2.42. The maximum absolute atomic E-state index is 12.4. The summed E-state index contributed by atoms with van der Waals surface area (Å²) in [6.45, 7) is 1.02. The van der Waals surface area contributed by atoms with Crippen LogP contribution in [0.15, 0.2) is 0 Å². The predicted molar refractivity (Wildman–Crippen MR) is 40.4 cm³/mol. The molecule has 2 fully saturated rings. The Hall–Kier alpha value is -0.710. The normalized spacial score (nSPS) is 27.5. The van der Waals surface area contributed by atoms with E-state index >= 15 is 0 Å². The van der Waals surface area contributed by atoms with Gasteiger partial charge in [0.25, 0.3) is 0 Å². The Morgan fingerprint density at radius 2 is 2.00 bits per heavy atom. The van der Waals surface area contributed by atoms with Crippen LogP contribution in [0.3, 0.4) is 0 Å². The summed E-state index contributed by atoms with van der Waals surface area (Å²) in [6, 6.07) is 0.0433. The molecule has 1 heterocycles. The van der Waals surface area contributed by atoms with Crippen LogP contribution in [0, 0.1) is 5.92 Å². The van der Waals surface area contributed by atoms with E-state index in [2.05, 4.69) is 5.32 Å². The molecule has 0 spiro atoms. The Morgan fingerprint density at radius 3 is 2.38 bits per heavy atom. The quantitative estimate of drug-likeness (QED) is 0.692. The van der Waals surface area contributed by atoms with Gasteiger partial charge in [-0.3, -0.25) is 4.79 Å². The fraction of sp³-hybridized carbons (Fsp3) is 0.875. The van der Waals surface area contributed by atoms with Gasteiger partial charge in [0, 0.05) is 18.8 Å². The Balaban J connectivity index is 1.73. The van der Waals surface area contributed by atoms with Crippen LogP contribution < -0.4 is 5.32 Å². The number of rotatable bonds is 2. The molecule has 0 atom stereocenters. The van der Waals surface area contributed by atoms with Crippen LogP contribution >= 0.6 is 0 Å². The number of alkyl halides is 2. The van der Waals surface area contributed by atoms with Gasteiger partial charge in [-0.2, -0.15) is 0 Å². The first-order valence-corrected chi connectivity index (χ1v) is 4.33. The van der Waals surface area contributed by atoms with Crippen LogP contribution in [-0.4, -0.2) is 31.1 Å². The summed E-state index contributed by atoms with van der Waals surface area (Å²) in [6.07, 6.45) is -0.598. The summed E-state index contributed by atoms with van der Waals surface area (Å²) in [7, 11) is 0. The molecule has 1 aliphatic carbocycles. The third kappa shape index (κ3) is 1.80. The van der Waals surface area contributed by atoms with Crippen molar-refractivity contribution in [1.29, 1.82) is 0 Å². The molecule has 1 aliphatic heterocycles. The van der Waals surface area contributed by atoms with Crippen molar-refractivity contribution in [3.8, 4) is 0 Å². The molecule has 1 saturated carbocycles. The number of halogens is 2. The fourth-order valence-corrected chi connectivity index (χ4v) is 1.48. The van der Waals surface area contributed by atoms with E-state index in [1.54, 1.807) is 0 Å². The molecular weight excluding hydrogens is 180 g/mol. The number of hydrogen-bond donors (Lipinski definition) is 1. The van der Waals surface area contributed by atoms with Gasteiger partial charge in [-0.25, -0.2) is 8.78 Å². The summed E-state index contributed by atoms with van der Waals surface area (Å²) in [4.78, 5) is 11.2. The van der Waals surface area contributed by atoms with Gasteiger partial charge >= 0.3 is 0 Å². The molecular formula is C8H11F2NO2.